The van der Waals surface area contributed by atoms with Crippen molar-refractivity contribution in [2.24, 2.45) is 11.7 Å². The van der Waals surface area contributed by atoms with Crippen LogP contribution in [0.1, 0.15) is 12.8 Å². The van der Waals surface area contributed by atoms with E-state index >= 15 is 0 Å². The molecule has 1 fully saturated rings. The number of nitrogens with two attached hydrogens (primary N) is 1. The molecule has 0 saturated carbocycles. The molecule has 2 atom stereocenters. The highest BCUT2D eigenvalue weighted by Gasteiger charge is 2.20. The third-order valence-electron chi connectivity index (χ3n) is 2.38. The number of carbonyl (C=O) groups is 1. The number of urea groups is 1. The van der Waals surface area contributed by atoms with Gasteiger partial charge in [0.05, 0.1) is 0 Å². The maximum absolute atomic E-state index is 10.4. The quantitative estimate of drug-likeness (QED) is 0.458. The Labute approximate surface area is 77.7 Å². The Morgan fingerprint density at radius 2 is 2.46 bits per heavy atom. The van der Waals surface area contributed by atoms with E-state index < -0.39 is 6.03 Å². The minimum absolute atomic E-state index is 0.231. The Hall–Kier alpha value is -0.810. The molecule has 0 aromatic heterocycles. The molecule has 2 unspecified atom stereocenters. The lowest BCUT2D eigenvalue weighted by Crippen LogP contribution is -2.47. The minimum Gasteiger partial charge on any atom is -0.396 e. The molecule has 0 radical (unpaired) electrons. The molecule has 0 aromatic rings. The van der Waals surface area contributed by atoms with Gasteiger partial charge in [-0.05, 0) is 25.3 Å². The second-order valence-corrected chi connectivity index (χ2v) is 3.47. The van der Waals surface area contributed by atoms with Gasteiger partial charge in [-0.2, -0.15) is 0 Å². The molecule has 5 heteroatoms. The van der Waals surface area contributed by atoms with Gasteiger partial charge in [0.1, 0.15) is 0 Å². The molecule has 0 bridgehead atoms. The maximum atomic E-state index is 10.4. The first-order valence-electron chi connectivity index (χ1n) is 4.60. The lowest BCUT2D eigenvalue weighted by molar-refractivity contribution is 0.175. The topological polar surface area (TPSA) is 87.4 Å². The van der Waals surface area contributed by atoms with Gasteiger partial charge in [-0.3, -0.25) is 0 Å². The molecule has 5 nitrogen and oxygen atoms in total. The summed E-state index contributed by atoms with van der Waals surface area (Å²) in [6, 6.07) is -0.244. The first-order valence-corrected chi connectivity index (χ1v) is 4.60. The van der Waals surface area contributed by atoms with Crippen molar-refractivity contribution in [1.82, 2.24) is 10.6 Å². The number of aliphatic hydroxyl groups excluding tert-OH is 1. The van der Waals surface area contributed by atoms with E-state index in [-0.39, 0.29) is 12.6 Å². The summed E-state index contributed by atoms with van der Waals surface area (Å²) in [5, 5.41) is 14.8. The molecule has 0 spiro atoms. The van der Waals surface area contributed by atoms with Crippen LogP contribution in [0.5, 0.6) is 0 Å². The molecular weight excluding hydrogens is 170 g/mol. The molecule has 5 N–H and O–H groups in total. The number of primary amides is 1. The Morgan fingerprint density at radius 1 is 1.69 bits per heavy atom. The van der Waals surface area contributed by atoms with Crippen molar-refractivity contribution in [2.45, 2.75) is 18.9 Å². The summed E-state index contributed by atoms with van der Waals surface area (Å²) < 4.78 is 0. The number of amides is 2. The predicted molar refractivity (Wildman–Crippen MR) is 49.2 cm³/mol. The molecule has 2 amide bonds. The Balaban J connectivity index is 2.21. The molecule has 13 heavy (non-hydrogen) atoms. The zero-order chi connectivity index (χ0) is 9.68. The normalized spacial score (nSPS) is 28.4. The van der Waals surface area contributed by atoms with Crippen molar-refractivity contribution < 1.29 is 9.90 Å². The smallest absolute Gasteiger partial charge is 0.312 e. The van der Waals surface area contributed by atoms with Crippen LogP contribution >= 0.6 is 0 Å². The van der Waals surface area contributed by atoms with E-state index in [0.29, 0.717) is 12.5 Å². The van der Waals surface area contributed by atoms with Crippen LogP contribution in [0.15, 0.2) is 0 Å². The fourth-order valence-corrected chi connectivity index (χ4v) is 1.64. The average molecular weight is 187 g/mol. The van der Waals surface area contributed by atoms with Crippen molar-refractivity contribution in [3.05, 3.63) is 0 Å². The summed E-state index contributed by atoms with van der Waals surface area (Å²) in [6.07, 6.45) is 1.90. The van der Waals surface area contributed by atoms with Crippen LogP contribution in [0.25, 0.3) is 0 Å². The molecule has 0 aromatic carbocycles. The average Bonchev–Trinajstić information content (AvgIpc) is 2.15. The standard InChI is InChI=1S/C8H17N3O2/c9-8(13)11-4-7-3-6(5-12)1-2-10-7/h6-7,10,12H,1-5H2,(H3,9,11,13). The monoisotopic (exact) mass is 187 g/mol. The number of aliphatic hydroxyl groups is 1. The third kappa shape index (κ3) is 3.61. The molecular formula is C8H17N3O2. The number of hydrogen-bond acceptors (Lipinski definition) is 3. The summed E-state index contributed by atoms with van der Waals surface area (Å²) in [6.45, 7) is 1.68. The zero-order valence-corrected chi connectivity index (χ0v) is 7.62. The molecule has 1 heterocycles. The fourth-order valence-electron chi connectivity index (χ4n) is 1.64. The van der Waals surface area contributed by atoms with Crippen molar-refractivity contribution in [1.29, 1.82) is 0 Å². The van der Waals surface area contributed by atoms with Crippen molar-refractivity contribution in [2.75, 3.05) is 19.7 Å². The number of carbonyl (C=O) groups excluding carboxylic acids is 1. The van der Waals surface area contributed by atoms with E-state index in [2.05, 4.69) is 10.6 Å². The van der Waals surface area contributed by atoms with Crippen LogP contribution in [0, 0.1) is 5.92 Å². The highest BCUT2D eigenvalue weighted by atomic mass is 16.3. The van der Waals surface area contributed by atoms with E-state index in [4.69, 9.17) is 10.8 Å². The largest absolute Gasteiger partial charge is 0.396 e. The fraction of sp³-hybridized carbons (Fsp3) is 0.875. The maximum Gasteiger partial charge on any atom is 0.312 e. The first kappa shape index (κ1) is 10.3. The summed E-state index contributed by atoms with van der Waals surface area (Å²) in [5.41, 5.74) is 4.95. The predicted octanol–water partition coefficient (Wildman–Crippen LogP) is -0.985. The van der Waals surface area contributed by atoms with Crippen molar-refractivity contribution in [3.63, 3.8) is 0 Å². The molecule has 1 saturated heterocycles. The number of piperidine rings is 1. The van der Waals surface area contributed by atoms with Crippen molar-refractivity contribution in [3.8, 4) is 0 Å². The molecule has 76 valence electrons. The van der Waals surface area contributed by atoms with Crippen LogP contribution < -0.4 is 16.4 Å². The Bertz CT molecular complexity index is 175. The van der Waals surface area contributed by atoms with Gasteiger partial charge in [0.2, 0.25) is 0 Å². The van der Waals surface area contributed by atoms with E-state index in [1.165, 1.54) is 0 Å². The summed E-state index contributed by atoms with van der Waals surface area (Å²) >= 11 is 0. The van der Waals surface area contributed by atoms with Gasteiger partial charge in [-0.15, -0.1) is 0 Å². The molecule has 1 aliphatic heterocycles. The van der Waals surface area contributed by atoms with E-state index in [1.54, 1.807) is 0 Å². The lowest BCUT2D eigenvalue weighted by Gasteiger charge is -2.29. The second kappa shape index (κ2) is 5.04. The minimum atomic E-state index is -0.493. The molecule has 1 rings (SSSR count). The highest BCUT2D eigenvalue weighted by molar-refractivity contribution is 5.71. The summed E-state index contributed by atoms with van der Waals surface area (Å²) in [5.74, 6) is 0.362. The number of hydrogen-bond donors (Lipinski definition) is 4. The second-order valence-electron chi connectivity index (χ2n) is 3.47. The van der Waals surface area contributed by atoms with E-state index in [0.717, 1.165) is 19.4 Å². The SMILES string of the molecule is NC(=O)NCC1CC(CO)CCN1. The number of rotatable bonds is 3. The van der Waals surface area contributed by atoms with Crippen LogP contribution in [0.3, 0.4) is 0 Å². The lowest BCUT2D eigenvalue weighted by atomic mass is 9.93. The van der Waals surface area contributed by atoms with Crippen LogP contribution in [-0.4, -0.2) is 36.9 Å². The van der Waals surface area contributed by atoms with Gasteiger partial charge >= 0.3 is 6.03 Å². The van der Waals surface area contributed by atoms with Gasteiger partial charge < -0.3 is 21.5 Å². The Kier molecular flexibility index (Phi) is 3.98. The van der Waals surface area contributed by atoms with Crippen LogP contribution in [0.4, 0.5) is 4.79 Å². The summed E-state index contributed by atoms with van der Waals surface area (Å²) in [7, 11) is 0. The van der Waals surface area contributed by atoms with Gasteiger partial charge in [0, 0.05) is 19.2 Å². The van der Waals surface area contributed by atoms with E-state index in [9.17, 15) is 4.79 Å². The van der Waals surface area contributed by atoms with Crippen molar-refractivity contribution >= 4 is 6.03 Å². The van der Waals surface area contributed by atoms with Gasteiger partial charge in [0.15, 0.2) is 0 Å². The van der Waals surface area contributed by atoms with Gasteiger partial charge in [-0.25, -0.2) is 4.79 Å². The highest BCUT2D eigenvalue weighted by Crippen LogP contribution is 2.14. The van der Waals surface area contributed by atoms with Crippen LogP contribution in [-0.2, 0) is 0 Å². The zero-order valence-electron chi connectivity index (χ0n) is 7.62. The first-order chi connectivity index (χ1) is 6.22. The van der Waals surface area contributed by atoms with Gasteiger partial charge in [0.25, 0.3) is 0 Å². The Morgan fingerprint density at radius 3 is 3.08 bits per heavy atom. The van der Waals surface area contributed by atoms with Crippen LogP contribution in [0.2, 0.25) is 0 Å². The van der Waals surface area contributed by atoms with Gasteiger partial charge in [-0.1, -0.05) is 0 Å². The third-order valence-corrected chi connectivity index (χ3v) is 2.38. The summed E-state index contributed by atoms with van der Waals surface area (Å²) in [4.78, 5) is 10.4. The van der Waals surface area contributed by atoms with E-state index in [1.807, 2.05) is 0 Å². The molecule has 1 aliphatic rings. The number of nitrogens with one attached hydrogen (secondary N) is 2. The molecule has 0 aliphatic carbocycles.